The maximum Gasteiger partial charge on any atom is 0.180 e. The number of rotatable bonds is 5. The first-order chi connectivity index (χ1) is 14.2. The van der Waals surface area contributed by atoms with Crippen LogP contribution in [-0.4, -0.2) is 52.6 Å². The standard InChI is InChI=1S/C18H19N8S.C2H6/c1-11-8-25-15(12-5-20-21-6-12)7-19-18(25)17(22-11)23-16-4-13(24-27-16)9-26-3-2-14(26)10-26;1-2/h4-8,14H,2-3,9-10H2,1H3,(H,20,21)(H,22,23);1-2H3/q+1;. The van der Waals surface area contributed by atoms with Crippen LogP contribution in [0, 0.1) is 6.92 Å². The number of nitrogens with zero attached hydrogens (tertiary/aromatic N) is 6. The van der Waals surface area contributed by atoms with Gasteiger partial charge in [-0.3, -0.25) is 9.50 Å². The molecule has 9 heteroatoms. The van der Waals surface area contributed by atoms with Crippen LogP contribution >= 0.6 is 11.5 Å². The van der Waals surface area contributed by atoms with Gasteiger partial charge in [-0.15, -0.1) is 0 Å². The highest BCUT2D eigenvalue weighted by Gasteiger charge is 2.62. The molecule has 2 fully saturated rings. The van der Waals surface area contributed by atoms with Gasteiger partial charge in [-0.2, -0.15) is 9.47 Å². The van der Waals surface area contributed by atoms with E-state index in [4.69, 9.17) is 0 Å². The minimum absolute atomic E-state index is 0.751. The second kappa shape index (κ2) is 6.93. The molecule has 0 aliphatic carbocycles. The molecular weight excluding hydrogens is 384 g/mol. The van der Waals surface area contributed by atoms with E-state index < -0.39 is 0 Å². The van der Waals surface area contributed by atoms with Crippen molar-refractivity contribution in [3.05, 3.63) is 42.2 Å². The SMILES string of the molecule is CC.Cc1cn2c(-c3cn[nH]c3)cnc2c(Nc2cc(C[N+]34CCC3C4)ns2)n1. The normalized spacial score (nSPS) is 21.8. The molecule has 2 N–H and O–H groups in total. The van der Waals surface area contributed by atoms with Crippen LogP contribution < -0.4 is 5.32 Å². The lowest BCUT2D eigenvalue weighted by Gasteiger charge is -2.26. The monoisotopic (exact) mass is 409 g/mol. The number of aromatic amines is 1. The predicted octanol–water partition coefficient (Wildman–Crippen LogP) is 3.76. The van der Waals surface area contributed by atoms with Crippen molar-refractivity contribution in [1.82, 2.24) is 28.9 Å². The smallest absolute Gasteiger partial charge is 0.180 e. The van der Waals surface area contributed by atoms with Gasteiger partial charge in [0.25, 0.3) is 0 Å². The minimum atomic E-state index is 0.751. The van der Waals surface area contributed by atoms with Gasteiger partial charge >= 0.3 is 0 Å². The zero-order valence-electron chi connectivity index (χ0n) is 16.9. The first-order valence-corrected chi connectivity index (χ1v) is 10.9. The quantitative estimate of drug-likeness (QED) is 0.387. The first-order valence-electron chi connectivity index (χ1n) is 10.1. The third-order valence-electron chi connectivity index (χ3n) is 5.81. The molecule has 0 radical (unpaired) electrons. The molecule has 29 heavy (non-hydrogen) atoms. The lowest BCUT2D eigenvalue weighted by molar-refractivity contribution is -0.861. The van der Waals surface area contributed by atoms with Crippen molar-refractivity contribution in [2.45, 2.75) is 39.8 Å². The van der Waals surface area contributed by atoms with E-state index in [1.807, 2.05) is 39.4 Å². The Balaban J connectivity index is 0.000000882. The molecule has 2 unspecified atom stereocenters. The van der Waals surface area contributed by atoms with Crippen molar-refractivity contribution in [2.24, 2.45) is 0 Å². The number of aryl methyl sites for hydroxylation is 1. The van der Waals surface area contributed by atoms with Gasteiger partial charge in [-0.05, 0) is 18.5 Å². The molecule has 0 saturated carbocycles. The highest BCUT2D eigenvalue weighted by molar-refractivity contribution is 7.10. The van der Waals surface area contributed by atoms with Crippen molar-refractivity contribution in [3.63, 3.8) is 0 Å². The fourth-order valence-corrected chi connectivity index (χ4v) is 4.84. The second-order valence-corrected chi connectivity index (χ2v) is 8.39. The Morgan fingerprint density at radius 1 is 1.34 bits per heavy atom. The van der Waals surface area contributed by atoms with Gasteiger partial charge in [0.2, 0.25) is 0 Å². The average molecular weight is 410 g/mol. The Labute approximate surface area is 173 Å². The van der Waals surface area contributed by atoms with E-state index in [1.54, 1.807) is 6.20 Å². The van der Waals surface area contributed by atoms with Crippen LogP contribution in [0.2, 0.25) is 0 Å². The fraction of sp³-hybridized carbons (Fsp3) is 0.400. The zero-order valence-corrected chi connectivity index (χ0v) is 17.7. The van der Waals surface area contributed by atoms with Crippen LogP contribution in [0.1, 0.15) is 31.7 Å². The van der Waals surface area contributed by atoms with Gasteiger partial charge in [0.1, 0.15) is 29.8 Å². The molecule has 8 nitrogen and oxygen atoms in total. The number of fused-ring (bicyclic) bond motifs is 2. The molecule has 0 bridgehead atoms. The van der Waals surface area contributed by atoms with Crippen molar-refractivity contribution in [1.29, 1.82) is 0 Å². The summed E-state index contributed by atoms with van der Waals surface area (Å²) in [5, 5.41) is 11.3. The second-order valence-electron chi connectivity index (χ2n) is 7.59. The van der Waals surface area contributed by atoms with Crippen LogP contribution in [0.4, 0.5) is 10.8 Å². The molecule has 0 spiro atoms. The maximum atomic E-state index is 4.67. The number of anilines is 2. The number of nitrogens with one attached hydrogen (secondary N) is 2. The van der Waals surface area contributed by atoms with Gasteiger partial charge in [0.05, 0.1) is 36.7 Å². The fourth-order valence-electron chi connectivity index (χ4n) is 4.19. The third kappa shape index (κ3) is 3.10. The number of aromatic nitrogens is 6. The Kier molecular flexibility index (Phi) is 4.36. The Bertz CT molecular complexity index is 1140. The van der Waals surface area contributed by atoms with E-state index in [1.165, 1.54) is 41.2 Å². The van der Waals surface area contributed by atoms with Gasteiger partial charge in [-0.1, -0.05) is 13.8 Å². The predicted molar refractivity (Wildman–Crippen MR) is 114 cm³/mol. The summed E-state index contributed by atoms with van der Waals surface area (Å²) >= 11 is 1.49. The zero-order chi connectivity index (χ0) is 20.0. The van der Waals surface area contributed by atoms with Crippen LogP contribution in [0.3, 0.4) is 0 Å². The highest BCUT2D eigenvalue weighted by Crippen LogP contribution is 2.45. The summed E-state index contributed by atoms with van der Waals surface area (Å²) in [7, 11) is 0. The Morgan fingerprint density at radius 2 is 2.24 bits per heavy atom. The summed E-state index contributed by atoms with van der Waals surface area (Å²) in [4.78, 5) is 9.25. The summed E-state index contributed by atoms with van der Waals surface area (Å²) in [6.45, 7) is 9.71. The molecule has 150 valence electrons. The van der Waals surface area contributed by atoms with Gasteiger partial charge < -0.3 is 9.80 Å². The summed E-state index contributed by atoms with van der Waals surface area (Å²) in [6, 6.07) is 3.07. The van der Waals surface area contributed by atoms with Crippen molar-refractivity contribution < 1.29 is 4.48 Å². The number of quaternary nitrogens is 1. The van der Waals surface area contributed by atoms with E-state index in [9.17, 15) is 0 Å². The van der Waals surface area contributed by atoms with Crippen molar-refractivity contribution in [3.8, 4) is 11.3 Å². The average Bonchev–Trinajstić information content (AvgIpc) is 3.29. The molecule has 4 aromatic rings. The van der Waals surface area contributed by atoms with E-state index in [0.29, 0.717) is 0 Å². The molecular formula is C20H25N8S+. The summed E-state index contributed by atoms with van der Waals surface area (Å²) in [5.74, 6) is 0.751. The van der Waals surface area contributed by atoms with Crippen LogP contribution in [0.5, 0.6) is 0 Å². The topological polar surface area (TPSA) is 83.8 Å². The first kappa shape index (κ1) is 18.3. The number of imidazole rings is 1. The van der Waals surface area contributed by atoms with Crippen LogP contribution in [-0.2, 0) is 6.54 Å². The number of hydrogen-bond acceptors (Lipinski definition) is 6. The lowest BCUT2D eigenvalue weighted by atomic mass is 10.2. The summed E-state index contributed by atoms with van der Waals surface area (Å²) < 4.78 is 7.96. The lowest BCUT2D eigenvalue weighted by Crippen LogP contribution is -2.38. The molecule has 0 amide bonds. The Morgan fingerprint density at radius 3 is 2.93 bits per heavy atom. The molecule has 2 aliphatic rings. The molecule has 2 aliphatic heterocycles. The van der Waals surface area contributed by atoms with Gasteiger partial charge in [0.15, 0.2) is 11.5 Å². The molecule has 2 saturated heterocycles. The number of H-pyrrole nitrogens is 1. The van der Waals surface area contributed by atoms with Gasteiger partial charge in [0, 0.05) is 24.0 Å². The summed E-state index contributed by atoms with van der Waals surface area (Å²) in [6.07, 6.45) is 8.90. The van der Waals surface area contributed by atoms with E-state index in [0.717, 1.165) is 46.0 Å². The molecule has 4 aromatic heterocycles. The van der Waals surface area contributed by atoms with Gasteiger partial charge in [-0.25, -0.2) is 9.97 Å². The van der Waals surface area contributed by atoms with Crippen molar-refractivity contribution >= 4 is 28.0 Å². The molecule has 6 heterocycles. The molecule has 0 aromatic carbocycles. The summed E-state index contributed by atoms with van der Waals surface area (Å²) in [5.41, 5.74) is 4.87. The number of hydrogen-bond donors (Lipinski definition) is 2. The third-order valence-corrected chi connectivity index (χ3v) is 6.55. The maximum absolute atomic E-state index is 4.67. The van der Waals surface area contributed by atoms with E-state index >= 15 is 0 Å². The minimum Gasteiger partial charge on any atom is -0.328 e. The largest absolute Gasteiger partial charge is 0.328 e. The Hall–Kier alpha value is -2.78. The highest BCUT2D eigenvalue weighted by atomic mass is 32.1. The molecule has 2 atom stereocenters. The van der Waals surface area contributed by atoms with E-state index in [2.05, 4.69) is 40.3 Å². The van der Waals surface area contributed by atoms with Crippen LogP contribution in [0.15, 0.2) is 30.9 Å². The van der Waals surface area contributed by atoms with E-state index in [-0.39, 0.29) is 0 Å². The van der Waals surface area contributed by atoms with Crippen LogP contribution in [0.25, 0.3) is 16.9 Å². The van der Waals surface area contributed by atoms with Crippen molar-refractivity contribution in [2.75, 3.05) is 18.4 Å². The molecule has 6 rings (SSSR count).